The number of hydrogen-bond acceptors (Lipinski definition) is 7. The topological polar surface area (TPSA) is 89.5 Å². The molecule has 1 saturated heterocycles. The summed E-state index contributed by atoms with van der Waals surface area (Å²) >= 11 is 7.32. The second-order valence-electron chi connectivity index (χ2n) is 9.77. The molecule has 3 aromatic rings. The number of amides is 2. The standard InChI is InChI=1S/C31H32ClN3O5S/c1-2-3-4-5-16-38-25-13-11-23(12-14-25)33-30(37)28-18-29(36)35(19-21-6-15-26-27(17-21)40-20-39-26)31(41-28)34-24-9-7-22(32)8-10-24/h6-15,17,28H,2-5,16,18-20H2,1H3,(H,33,37). The molecule has 0 saturated carbocycles. The second kappa shape index (κ2) is 13.8. The van der Waals surface area contributed by atoms with E-state index >= 15 is 0 Å². The molecule has 1 N–H and O–H groups in total. The Morgan fingerprint density at radius 2 is 1.83 bits per heavy atom. The molecule has 0 radical (unpaired) electrons. The van der Waals surface area contributed by atoms with Crippen molar-refractivity contribution in [2.75, 3.05) is 18.7 Å². The van der Waals surface area contributed by atoms with Crippen molar-refractivity contribution in [3.8, 4) is 17.2 Å². The number of amidine groups is 1. The summed E-state index contributed by atoms with van der Waals surface area (Å²) < 4.78 is 16.7. The van der Waals surface area contributed by atoms with Gasteiger partial charge in [-0.1, -0.05) is 55.6 Å². The number of ether oxygens (including phenoxy) is 3. The third kappa shape index (κ3) is 7.74. The highest BCUT2D eigenvalue weighted by Crippen LogP contribution is 2.35. The molecule has 5 rings (SSSR count). The van der Waals surface area contributed by atoms with Gasteiger partial charge in [-0.2, -0.15) is 0 Å². The molecule has 1 fully saturated rings. The van der Waals surface area contributed by atoms with Gasteiger partial charge in [0.25, 0.3) is 0 Å². The summed E-state index contributed by atoms with van der Waals surface area (Å²) in [5, 5.41) is 3.32. The minimum Gasteiger partial charge on any atom is -0.494 e. The first kappa shape index (κ1) is 28.8. The molecule has 1 atom stereocenters. The molecule has 0 bridgehead atoms. The SMILES string of the molecule is CCCCCCOc1ccc(NC(=O)C2CC(=O)N(Cc3ccc4c(c3)OCO4)C(=Nc3ccc(Cl)cc3)S2)cc1. The Morgan fingerprint density at radius 1 is 1.05 bits per heavy atom. The highest BCUT2D eigenvalue weighted by Gasteiger charge is 2.36. The molecule has 3 aromatic carbocycles. The van der Waals surface area contributed by atoms with Crippen molar-refractivity contribution in [3.63, 3.8) is 0 Å². The van der Waals surface area contributed by atoms with Crippen LogP contribution in [0.25, 0.3) is 0 Å². The summed E-state index contributed by atoms with van der Waals surface area (Å²) in [6, 6.07) is 19.9. The van der Waals surface area contributed by atoms with Gasteiger partial charge in [0.05, 0.1) is 18.8 Å². The van der Waals surface area contributed by atoms with E-state index in [9.17, 15) is 9.59 Å². The zero-order valence-corrected chi connectivity index (χ0v) is 24.4. The number of anilines is 1. The van der Waals surface area contributed by atoms with Crippen molar-refractivity contribution in [1.29, 1.82) is 0 Å². The predicted molar refractivity (Wildman–Crippen MR) is 162 cm³/mol. The quantitative estimate of drug-likeness (QED) is 0.237. The monoisotopic (exact) mass is 593 g/mol. The number of thioether (sulfide) groups is 1. The number of carbonyl (C=O) groups is 2. The number of nitrogens with one attached hydrogen (secondary N) is 1. The van der Waals surface area contributed by atoms with Gasteiger partial charge in [-0.05, 0) is 72.6 Å². The number of hydrogen-bond donors (Lipinski definition) is 1. The van der Waals surface area contributed by atoms with Gasteiger partial charge in [0.15, 0.2) is 16.7 Å². The third-order valence-electron chi connectivity index (χ3n) is 6.65. The first-order chi connectivity index (χ1) is 20.0. The van der Waals surface area contributed by atoms with E-state index in [2.05, 4.69) is 12.2 Å². The third-order valence-corrected chi connectivity index (χ3v) is 8.09. The van der Waals surface area contributed by atoms with Crippen molar-refractivity contribution >= 4 is 51.7 Å². The minimum atomic E-state index is -0.643. The Hall–Kier alpha value is -3.69. The largest absolute Gasteiger partial charge is 0.494 e. The fourth-order valence-electron chi connectivity index (χ4n) is 4.42. The maximum absolute atomic E-state index is 13.4. The number of carbonyl (C=O) groups excluding carboxylic acids is 2. The Bertz CT molecular complexity index is 1400. The summed E-state index contributed by atoms with van der Waals surface area (Å²) in [4.78, 5) is 33.0. The van der Waals surface area contributed by atoms with Crippen LogP contribution in [-0.2, 0) is 16.1 Å². The molecule has 0 aliphatic carbocycles. The molecule has 0 spiro atoms. The second-order valence-corrected chi connectivity index (χ2v) is 11.4. The molecule has 8 nitrogen and oxygen atoms in total. The van der Waals surface area contributed by atoms with Crippen LogP contribution in [0.2, 0.25) is 5.02 Å². The van der Waals surface area contributed by atoms with E-state index in [1.165, 1.54) is 24.6 Å². The van der Waals surface area contributed by atoms with Crippen LogP contribution in [0, 0.1) is 0 Å². The van der Waals surface area contributed by atoms with Crippen molar-refractivity contribution in [2.45, 2.75) is 50.8 Å². The van der Waals surface area contributed by atoms with E-state index in [4.69, 9.17) is 30.8 Å². The van der Waals surface area contributed by atoms with Gasteiger partial charge in [-0.15, -0.1) is 0 Å². The summed E-state index contributed by atoms with van der Waals surface area (Å²) in [7, 11) is 0. The Kier molecular flexibility index (Phi) is 9.69. The van der Waals surface area contributed by atoms with Crippen LogP contribution in [0.3, 0.4) is 0 Å². The highest BCUT2D eigenvalue weighted by atomic mass is 35.5. The highest BCUT2D eigenvalue weighted by molar-refractivity contribution is 8.15. The van der Waals surface area contributed by atoms with Gasteiger partial charge in [0, 0.05) is 17.1 Å². The lowest BCUT2D eigenvalue weighted by Gasteiger charge is -2.32. The number of unbranched alkanes of at least 4 members (excludes halogenated alkanes) is 3. The van der Waals surface area contributed by atoms with Crippen LogP contribution in [-0.4, -0.2) is 40.5 Å². The molecule has 10 heteroatoms. The molecule has 2 heterocycles. The Balaban J connectivity index is 1.27. The maximum atomic E-state index is 13.4. The predicted octanol–water partition coefficient (Wildman–Crippen LogP) is 7.19. The first-order valence-electron chi connectivity index (χ1n) is 13.7. The number of fused-ring (bicyclic) bond motifs is 1. The average Bonchev–Trinajstić information content (AvgIpc) is 3.45. The lowest BCUT2D eigenvalue weighted by Crippen LogP contribution is -2.44. The molecule has 41 heavy (non-hydrogen) atoms. The van der Waals surface area contributed by atoms with E-state index in [-0.39, 0.29) is 31.6 Å². The van der Waals surface area contributed by atoms with E-state index in [0.29, 0.717) is 39.7 Å². The van der Waals surface area contributed by atoms with E-state index < -0.39 is 5.25 Å². The van der Waals surface area contributed by atoms with Crippen LogP contribution in [0.5, 0.6) is 17.2 Å². The first-order valence-corrected chi connectivity index (χ1v) is 15.0. The molecular weight excluding hydrogens is 562 g/mol. The summed E-state index contributed by atoms with van der Waals surface area (Å²) in [6.45, 7) is 3.31. The van der Waals surface area contributed by atoms with Crippen LogP contribution < -0.4 is 19.5 Å². The molecular formula is C31H32ClN3O5S. The molecule has 0 aromatic heterocycles. The fourth-order valence-corrected chi connectivity index (χ4v) is 5.64. The number of aliphatic imine (C=N–C) groups is 1. The van der Waals surface area contributed by atoms with Crippen molar-refractivity contribution in [3.05, 3.63) is 77.3 Å². The lowest BCUT2D eigenvalue weighted by molar-refractivity contribution is -0.129. The normalized spacial score (nSPS) is 17.1. The van der Waals surface area contributed by atoms with Gasteiger partial charge in [0.2, 0.25) is 18.6 Å². The van der Waals surface area contributed by atoms with Crippen molar-refractivity contribution in [2.24, 2.45) is 4.99 Å². The number of halogens is 1. The summed E-state index contributed by atoms with van der Waals surface area (Å²) in [5.41, 5.74) is 2.13. The zero-order chi connectivity index (χ0) is 28.6. The Labute approximate surface area is 249 Å². The summed E-state index contributed by atoms with van der Waals surface area (Å²) in [6.07, 6.45) is 4.61. The van der Waals surface area contributed by atoms with Crippen LogP contribution in [0.15, 0.2) is 71.7 Å². The van der Waals surface area contributed by atoms with Gasteiger partial charge >= 0.3 is 0 Å². The van der Waals surface area contributed by atoms with Gasteiger partial charge in [0.1, 0.15) is 11.0 Å². The molecule has 214 valence electrons. The van der Waals surface area contributed by atoms with Gasteiger partial charge < -0.3 is 19.5 Å². The lowest BCUT2D eigenvalue weighted by atomic mass is 10.1. The average molecular weight is 594 g/mol. The minimum absolute atomic E-state index is 0.0413. The van der Waals surface area contributed by atoms with Gasteiger partial charge in [-0.25, -0.2) is 4.99 Å². The maximum Gasteiger partial charge on any atom is 0.238 e. The van der Waals surface area contributed by atoms with E-state index in [1.807, 2.05) is 42.5 Å². The van der Waals surface area contributed by atoms with E-state index in [0.717, 1.165) is 24.2 Å². The molecule has 2 aliphatic heterocycles. The summed E-state index contributed by atoms with van der Waals surface area (Å²) in [5.74, 6) is 1.62. The van der Waals surface area contributed by atoms with Gasteiger partial charge in [-0.3, -0.25) is 14.5 Å². The number of rotatable bonds is 11. The fraction of sp³-hybridized carbons (Fsp3) is 0.323. The van der Waals surface area contributed by atoms with Crippen molar-refractivity contribution in [1.82, 2.24) is 4.90 Å². The van der Waals surface area contributed by atoms with Crippen LogP contribution in [0.4, 0.5) is 11.4 Å². The molecule has 2 amide bonds. The van der Waals surface area contributed by atoms with Crippen molar-refractivity contribution < 1.29 is 23.8 Å². The smallest absolute Gasteiger partial charge is 0.238 e. The Morgan fingerprint density at radius 3 is 2.61 bits per heavy atom. The molecule has 1 unspecified atom stereocenters. The number of benzene rings is 3. The molecule has 2 aliphatic rings. The zero-order valence-electron chi connectivity index (χ0n) is 22.8. The number of nitrogens with zero attached hydrogens (tertiary/aromatic N) is 2. The van der Waals surface area contributed by atoms with E-state index in [1.54, 1.807) is 29.2 Å². The van der Waals surface area contributed by atoms with Crippen LogP contribution in [0.1, 0.15) is 44.6 Å². The van der Waals surface area contributed by atoms with Crippen LogP contribution >= 0.6 is 23.4 Å².